The first kappa shape index (κ1) is 17.7. The van der Waals surface area contributed by atoms with Crippen LogP contribution in [0.5, 0.6) is 5.88 Å². The van der Waals surface area contributed by atoms with Crippen LogP contribution in [0.15, 0.2) is 60.7 Å². The van der Waals surface area contributed by atoms with Crippen molar-refractivity contribution in [3.63, 3.8) is 0 Å². The van der Waals surface area contributed by atoms with E-state index in [9.17, 15) is 0 Å². The lowest BCUT2D eigenvalue weighted by atomic mass is 10.1. The number of ether oxygens (including phenoxy) is 1. The van der Waals surface area contributed by atoms with E-state index < -0.39 is 0 Å². The molecule has 0 amide bonds. The molecule has 0 N–H and O–H groups in total. The molecule has 4 heteroatoms. The summed E-state index contributed by atoms with van der Waals surface area (Å²) in [6.07, 6.45) is 2.60. The van der Waals surface area contributed by atoms with Gasteiger partial charge in [-0.25, -0.2) is 4.98 Å². The second-order valence-corrected chi connectivity index (χ2v) is 7.00. The highest BCUT2D eigenvalue weighted by molar-refractivity contribution is 5.34. The third-order valence-electron chi connectivity index (χ3n) is 5.09. The molecule has 1 aliphatic rings. The van der Waals surface area contributed by atoms with Crippen LogP contribution < -0.4 is 4.74 Å². The molecular weight excluding hydrogens is 334 g/mol. The summed E-state index contributed by atoms with van der Waals surface area (Å²) < 4.78 is 5.63. The predicted molar refractivity (Wildman–Crippen MR) is 107 cm³/mol. The van der Waals surface area contributed by atoms with Crippen LogP contribution in [0.2, 0.25) is 0 Å². The Kier molecular flexibility index (Phi) is 5.45. The van der Waals surface area contributed by atoms with Crippen LogP contribution >= 0.6 is 0 Å². The normalized spacial score (nSPS) is 14.4. The Morgan fingerprint density at radius 2 is 1.52 bits per heavy atom. The molecule has 0 aliphatic carbocycles. The first-order valence-corrected chi connectivity index (χ1v) is 9.54. The fourth-order valence-corrected chi connectivity index (χ4v) is 3.69. The van der Waals surface area contributed by atoms with E-state index in [1.165, 1.54) is 16.7 Å². The third-order valence-corrected chi connectivity index (χ3v) is 5.09. The number of aromatic nitrogens is 2. The van der Waals surface area contributed by atoms with E-state index in [0.29, 0.717) is 0 Å². The van der Waals surface area contributed by atoms with Gasteiger partial charge in [0.25, 0.3) is 0 Å². The number of hydrogen-bond acceptors (Lipinski definition) is 4. The molecule has 2 aromatic carbocycles. The molecule has 2 heterocycles. The smallest absolute Gasteiger partial charge is 0.219 e. The van der Waals surface area contributed by atoms with Crippen LogP contribution in [-0.2, 0) is 25.8 Å². The van der Waals surface area contributed by atoms with Crippen molar-refractivity contribution in [2.75, 3.05) is 20.2 Å². The van der Waals surface area contributed by atoms with E-state index in [-0.39, 0.29) is 0 Å². The summed E-state index contributed by atoms with van der Waals surface area (Å²) in [5, 5.41) is 0. The second-order valence-electron chi connectivity index (χ2n) is 7.00. The van der Waals surface area contributed by atoms with Crippen LogP contribution in [0.4, 0.5) is 0 Å². The van der Waals surface area contributed by atoms with E-state index in [1.54, 1.807) is 7.11 Å². The van der Waals surface area contributed by atoms with Gasteiger partial charge in [0.05, 0.1) is 12.8 Å². The van der Waals surface area contributed by atoms with Crippen molar-refractivity contribution in [2.45, 2.75) is 25.8 Å². The molecule has 0 fully saturated rings. The lowest BCUT2D eigenvalue weighted by Gasteiger charge is -2.19. The SMILES string of the molecule is COc1nc(Cc2ccccc2)nc2c1CCN(Cc1ccccc1)CC2. The van der Waals surface area contributed by atoms with Crippen molar-refractivity contribution in [3.05, 3.63) is 88.9 Å². The van der Waals surface area contributed by atoms with E-state index in [2.05, 4.69) is 59.5 Å². The number of rotatable bonds is 5. The molecule has 1 aromatic heterocycles. The van der Waals surface area contributed by atoms with Gasteiger partial charge < -0.3 is 4.74 Å². The number of hydrogen-bond donors (Lipinski definition) is 0. The zero-order chi connectivity index (χ0) is 18.5. The van der Waals surface area contributed by atoms with Crippen LogP contribution in [0, 0.1) is 0 Å². The van der Waals surface area contributed by atoms with Crippen LogP contribution in [0.1, 0.15) is 28.2 Å². The Morgan fingerprint density at radius 1 is 0.852 bits per heavy atom. The molecular formula is C23H25N3O. The van der Waals surface area contributed by atoms with Gasteiger partial charge in [-0.05, 0) is 17.5 Å². The fourth-order valence-electron chi connectivity index (χ4n) is 3.69. The van der Waals surface area contributed by atoms with Gasteiger partial charge in [-0.15, -0.1) is 0 Å². The van der Waals surface area contributed by atoms with E-state index in [1.807, 2.05) is 6.07 Å². The molecule has 0 unspecified atom stereocenters. The molecule has 138 valence electrons. The van der Waals surface area contributed by atoms with Crippen molar-refractivity contribution in [2.24, 2.45) is 0 Å². The first-order valence-electron chi connectivity index (χ1n) is 9.54. The van der Waals surface area contributed by atoms with Gasteiger partial charge in [-0.1, -0.05) is 60.7 Å². The fraction of sp³-hybridized carbons (Fsp3) is 0.304. The highest BCUT2D eigenvalue weighted by atomic mass is 16.5. The summed E-state index contributed by atoms with van der Waals surface area (Å²) in [7, 11) is 1.71. The number of fused-ring (bicyclic) bond motifs is 1. The standard InChI is InChI=1S/C23H25N3O/c1-27-23-20-12-14-26(17-19-10-6-3-7-11-19)15-13-21(20)24-22(25-23)16-18-8-4-2-5-9-18/h2-11H,12-17H2,1H3. The van der Waals surface area contributed by atoms with Gasteiger partial charge in [0.1, 0.15) is 5.82 Å². The predicted octanol–water partition coefficient (Wildman–Crippen LogP) is 3.68. The van der Waals surface area contributed by atoms with Gasteiger partial charge in [-0.2, -0.15) is 4.98 Å². The van der Waals surface area contributed by atoms with Gasteiger partial charge in [-0.3, -0.25) is 4.90 Å². The Hall–Kier alpha value is -2.72. The monoisotopic (exact) mass is 359 g/mol. The molecule has 27 heavy (non-hydrogen) atoms. The van der Waals surface area contributed by atoms with E-state index in [4.69, 9.17) is 14.7 Å². The molecule has 0 saturated heterocycles. The molecule has 0 radical (unpaired) electrons. The van der Waals surface area contributed by atoms with Gasteiger partial charge in [0.15, 0.2) is 0 Å². The van der Waals surface area contributed by atoms with Gasteiger partial charge in [0, 0.05) is 38.0 Å². The van der Waals surface area contributed by atoms with Crippen molar-refractivity contribution < 1.29 is 4.74 Å². The molecule has 0 atom stereocenters. The lowest BCUT2D eigenvalue weighted by Crippen LogP contribution is -2.25. The molecule has 4 nitrogen and oxygen atoms in total. The maximum Gasteiger partial charge on any atom is 0.219 e. The Balaban J connectivity index is 1.53. The van der Waals surface area contributed by atoms with Crippen LogP contribution in [0.25, 0.3) is 0 Å². The van der Waals surface area contributed by atoms with Crippen molar-refractivity contribution in [1.29, 1.82) is 0 Å². The van der Waals surface area contributed by atoms with Crippen molar-refractivity contribution in [1.82, 2.24) is 14.9 Å². The molecule has 4 rings (SSSR count). The highest BCUT2D eigenvalue weighted by Crippen LogP contribution is 2.24. The number of nitrogens with zero attached hydrogens (tertiary/aromatic N) is 3. The van der Waals surface area contributed by atoms with E-state index >= 15 is 0 Å². The number of methoxy groups -OCH3 is 1. The molecule has 1 aliphatic heterocycles. The largest absolute Gasteiger partial charge is 0.481 e. The summed E-state index contributed by atoms with van der Waals surface area (Å²) >= 11 is 0. The minimum Gasteiger partial charge on any atom is -0.481 e. The molecule has 0 spiro atoms. The Labute approximate surface area is 160 Å². The quantitative estimate of drug-likeness (QED) is 0.697. The zero-order valence-electron chi connectivity index (χ0n) is 15.8. The van der Waals surface area contributed by atoms with Crippen molar-refractivity contribution in [3.8, 4) is 5.88 Å². The highest BCUT2D eigenvalue weighted by Gasteiger charge is 2.21. The lowest BCUT2D eigenvalue weighted by molar-refractivity contribution is 0.278. The topological polar surface area (TPSA) is 38.3 Å². The minimum absolute atomic E-state index is 0.734. The number of benzene rings is 2. The maximum absolute atomic E-state index is 5.63. The van der Waals surface area contributed by atoms with Crippen molar-refractivity contribution >= 4 is 0 Å². The molecule has 0 bridgehead atoms. The summed E-state index contributed by atoms with van der Waals surface area (Å²) in [5.74, 6) is 1.58. The third kappa shape index (κ3) is 4.34. The summed E-state index contributed by atoms with van der Waals surface area (Å²) in [6.45, 7) is 2.98. The van der Waals surface area contributed by atoms with Gasteiger partial charge >= 0.3 is 0 Å². The van der Waals surface area contributed by atoms with Crippen LogP contribution in [-0.4, -0.2) is 35.1 Å². The summed E-state index contributed by atoms with van der Waals surface area (Å²) in [5.41, 5.74) is 4.89. The average molecular weight is 359 g/mol. The first-order chi connectivity index (χ1) is 13.3. The molecule has 0 saturated carbocycles. The summed E-state index contributed by atoms with van der Waals surface area (Å²) in [4.78, 5) is 12.1. The van der Waals surface area contributed by atoms with E-state index in [0.717, 1.165) is 56.3 Å². The van der Waals surface area contributed by atoms with Gasteiger partial charge in [0.2, 0.25) is 5.88 Å². The van der Waals surface area contributed by atoms with Crippen LogP contribution in [0.3, 0.4) is 0 Å². The maximum atomic E-state index is 5.63. The Morgan fingerprint density at radius 3 is 2.22 bits per heavy atom. The second kappa shape index (κ2) is 8.31. The Bertz CT molecular complexity index is 881. The average Bonchev–Trinajstić information content (AvgIpc) is 2.91. The summed E-state index contributed by atoms with van der Waals surface area (Å²) in [6, 6.07) is 21.0. The zero-order valence-corrected chi connectivity index (χ0v) is 15.8. The molecule has 3 aromatic rings. The minimum atomic E-state index is 0.734.